The van der Waals surface area contributed by atoms with Crippen LogP contribution in [-0.2, 0) is 4.79 Å². The van der Waals surface area contributed by atoms with E-state index in [1.54, 1.807) is 19.1 Å². The number of amides is 1. The molecule has 1 aliphatic rings. The van der Waals surface area contributed by atoms with Gasteiger partial charge in [0.2, 0.25) is 5.91 Å². The van der Waals surface area contributed by atoms with Gasteiger partial charge in [-0.25, -0.2) is 0 Å². The molecule has 1 saturated heterocycles. The second kappa shape index (κ2) is 6.75. The Labute approximate surface area is 120 Å². The van der Waals surface area contributed by atoms with E-state index in [9.17, 15) is 9.90 Å². The number of carbonyl (C=O) groups excluding carboxylic acids is 1. The minimum Gasteiger partial charge on any atom is -0.508 e. The Morgan fingerprint density at radius 2 is 1.90 bits per heavy atom. The van der Waals surface area contributed by atoms with Crippen LogP contribution >= 0.6 is 0 Å². The van der Waals surface area contributed by atoms with Crippen molar-refractivity contribution in [1.82, 2.24) is 10.2 Å². The summed E-state index contributed by atoms with van der Waals surface area (Å²) in [5.41, 5.74) is 1.14. The van der Waals surface area contributed by atoms with E-state index in [2.05, 4.69) is 17.1 Å². The Morgan fingerprint density at radius 1 is 1.30 bits per heavy atom. The highest BCUT2D eigenvalue weighted by Gasteiger charge is 2.24. The Morgan fingerprint density at radius 3 is 2.45 bits per heavy atom. The molecule has 20 heavy (non-hydrogen) atoms. The van der Waals surface area contributed by atoms with Gasteiger partial charge >= 0.3 is 0 Å². The molecule has 0 spiro atoms. The van der Waals surface area contributed by atoms with E-state index < -0.39 is 0 Å². The zero-order valence-electron chi connectivity index (χ0n) is 12.3. The van der Waals surface area contributed by atoms with Crippen LogP contribution in [-0.4, -0.2) is 41.6 Å². The number of carbonyl (C=O) groups is 1. The molecule has 4 heteroatoms. The first kappa shape index (κ1) is 14.9. The van der Waals surface area contributed by atoms with E-state index in [0.29, 0.717) is 0 Å². The highest BCUT2D eigenvalue weighted by molar-refractivity contribution is 5.73. The normalized spacial score (nSPS) is 18.7. The fraction of sp³-hybridized carbons (Fsp3) is 0.562. The van der Waals surface area contributed by atoms with E-state index in [-0.39, 0.29) is 23.6 Å². The van der Waals surface area contributed by atoms with Crippen LogP contribution in [0.1, 0.15) is 38.2 Å². The van der Waals surface area contributed by atoms with Crippen molar-refractivity contribution >= 4 is 5.91 Å². The lowest BCUT2D eigenvalue weighted by molar-refractivity contribution is -0.119. The van der Waals surface area contributed by atoms with Gasteiger partial charge in [0, 0.05) is 25.4 Å². The summed E-state index contributed by atoms with van der Waals surface area (Å²) in [6.07, 6.45) is 2.50. The number of hydrogen-bond donors (Lipinski definition) is 2. The molecule has 1 fully saturated rings. The molecule has 0 saturated carbocycles. The highest BCUT2D eigenvalue weighted by Crippen LogP contribution is 2.23. The average Bonchev–Trinajstić information content (AvgIpc) is 2.90. The van der Waals surface area contributed by atoms with Crippen LogP contribution in [0.2, 0.25) is 0 Å². The van der Waals surface area contributed by atoms with Crippen molar-refractivity contribution in [2.75, 3.05) is 19.6 Å². The van der Waals surface area contributed by atoms with E-state index in [1.807, 2.05) is 12.1 Å². The van der Waals surface area contributed by atoms with Gasteiger partial charge in [-0.15, -0.1) is 0 Å². The van der Waals surface area contributed by atoms with E-state index in [1.165, 1.54) is 12.8 Å². The molecule has 0 radical (unpaired) electrons. The number of phenolic OH excluding ortho intramolecular Hbond substituents is 1. The second-order valence-electron chi connectivity index (χ2n) is 5.69. The average molecular weight is 276 g/mol. The molecule has 0 aliphatic carbocycles. The molecule has 0 aromatic heterocycles. The molecule has 4 nitrogen and oxygen atoms in total. The minimum atomic E-state index is 0.0137. The van der Waals surface area contributed by atoms with Crippen LogP contribution in [0.5, 0.6) is 5.75 Å². The highest BCUT2D eigenvalue weighted by atomic mass is 16.3. The van der Waals surface area contributed by atoms with E-state index >= 15 is 0 Å². The Bertz CT molecular complexity index is 438. The lowest BCUT2D eigenvalue weighted by atomic mass is 9.92. The van der Waals surface area contributed by atoms with Gasteiger partial charge in [-0.05, 0) is 43.6 Å². The molecule has 0 unspecified atom stereocenters. The van der Waals surface area contributed by atoms with Crippen molar-refractivity contribution in [3.05, 3.63) is 29.8 Å². The van der Waals surface area contributed by atoms with Crippen molar-refractivity contribution in [2.24, 2.45) is 0 Å². The number of likely N-dealkylation sites (tertiary alicyclic amines) is 1. The molecule has 2 N–H and O–H groups in total. The molecule has 1 aromatic rings. The Balaban J connectivity index is 2.07. The molecular formula is C16H24N2O2. The number of benzene rings is 1. The maximum Gasteiger partial charge on any atom is 0.217 e. The predicted molar refractivity (Wildman–Crippen MR) is 79.8 cm³/mol. The molecule has 2 rings (SSSR count). The lowest BCUT2D eigenvalue weighted by Crippen LogP contribution is -2.45. The van der Waals surface area contributed by atoms with Crippen LogP contribution in [0.3, 0.4) is 0 Å². The summed E-state index contributed by atoms with van der Waals surface area (Å²) in [7, 11) is 0. The first-order valence-corrected chi connectivity index (χ1v) is 7.34. The summed E-state index contributed by atoms with van der Waals surface area (Å²) in [6.45, 7) is 6.84. The van der Waals surface area contributed by atoms with Gasteiger partial charge in [0.15, 0.2) is 0 Å². The van der Waals surface area contributed by atoms with Crippen LogP contribution in [0, 0.1) is 0 Å². The van der Waals surface area contributed by atoms with Crippen LogP contribution in [0.4, 0.5) is 0 Å². The van der Waals surface area contributed by atoms with Gasteiger partial charge in [0.05, 0.1) is 0 Å². The van der Waals surface area contributed by atoms with Gasteiger partial charge < -0.3 is 15.3 Å². The van der Waals surface area contributed by atoms with Crippen LogP contribution in [0.15, 0.2) is 24.3 Å². The molecule has 1 amide bonds. The number of rotatable bonds is 5. The van der Waals surface area contributed by atoms with Gasteiger partial charge in [-0.3, -0.25) is 4.79 Å². The monoisotopic (exact) mass is 276 g/mol. The number of nitrogens with zero attached hydrogens (tertiary/aromatic N) is 1. The smallest absolute Gasteiger partial charge is 0.217 e. The van der Waals surface area contributed by atoms with Crippen molar-refractivity contribution in [3.63, 3.8) is 0 Å². The van der Waals surface area contributed by atoms with Crippen molar-refractivity contribution in [3.8, 4) is 5.75 Å². The van der Waals surface area contributed by atoms with E-state index in [4.69, 9.17) is 0 Å². The molecule has 110 valence electrons. The van der Waals surface area contributed by atoms with Gasteiger partial charge in [-0.2, -0.15) is 0 Å². The molecule has 1 aliphatic heterocycles. The molecule has 2 atom stereocenters. The number of aromatic hydroxyl groups is 1. The largest absolute Gasteiger partial charge is 0.508 e. The van der Waals surface area contributed by atoms with Crippen molar-refractivity contribution < 1.29 is 9.90 Å². The SMILES string of the molecule is CC(=O)N[C@H](CN1CCCC1)[C@H](C)c1ccc(O)cc1. The van der Waals surface area contributed by atoms with Crippen LogP contribution < -0.4 is 5.32 Å². The fourth-order valence-corrected chi connectivity index (χ4v) is 2.84. The molecule has 1 aromatic carbocycles. The minimum absolute atomic E-state index is 0.0137. The molecular weight excluding hydrogens is 252 g/mol. The van der Waals surface area contributed by atoms with Crippen molar-refractivity contribution in [1.29, 1.82) is 0 Å². The van der Waals surface area contributed by atoms with Crippen molar-refractivity contribution in [2.45, 2.75) is 38.6 Å². The molecule has 1 heterocycles. The maximum atomic E-state index is 11.4. The summed E-state index contributed by atoms with van der Waals surface area (Å²) in [5.74, 6) is 0.511. The first-order chi connectivity index (χ1) is 9.56. The maximum absolute atomic E-state index is 11.4. The summed E-state index contributed by atoms with van der Waals surface area (Å²) >= 11 is 0. The summed E-state index contributed by atoms with van der Waals surface area (Å²) in [4.78, 5) is 13.9. The predicted octanol–water partition coefficient (Wildman–Crippen LogP) is 2.10. The summed E-state index contributed by atoms with van der Waals surface area (Å²) in [5, 5.41) is 12.5. The number of phenols is 1. The third-order valence-corrected chi connectivity index (χ3v) is 4.06. The van der Waals surface area contributed by atoms with E-state index in [0.717, 1.165) is 25.2 Å². The van der Waals surface area contributed by atoms with Gasteiger partial charge in [0.1, 0.15) is 5.75 Å². The first-order valence-electron chi connectivity index (χ1n) is 7.34. The lowest BCUT2D eigenvalue weighted by Gasteiger charge is -2.29. The third-order valence-electron chi connectivity index (χ3n) is 4.06. The number of hydrogen-bond acceptors (Lipinski definition) is 3. The quantitative estimate of drug-likeness (QED) is 0.866. The van der Waals surface area contributed by atoms with Crippen LogP contribution in [0.25, 0.3) is 0 Å². The Hall–Kier alpha value is -1.55. The zero-order valence-corrected chi connectivity index (χ0v) is 12.3. The second-order valence-corrected chi connectivity index (χ2v) is 5.69. The van der Waals surface area contributed by atoms with Gasteiger partial charge in [0.25, 0.3) is 0 Å². The van der Waals surface area contributed by atoms with Gasteiger partial charge in [-0.1, -0.05) is 19.1 Å². The summed E-state index contributed by atoms with van der Waals surface area (Å²) < 4.78 is 0. The number of nitrogens with one attached hydrogen (secondary N) is 1. The Kier molecular flexibility index (Phi) is 5.01. The molecule has 0 bridgehead atoms. The fourth-order valence-electron chi connectivity index (χ4n) is 2.84. The topological polar surface area (TPSA) is 52.6 Å². The third kappa shape index (κ3) is 3.97. The summed E-state index contributed by atoms with van der Waals surface area (Å²) in [6, 6.07) is 7.37. The zero-order chi connectivity index (χ0) is 14.5. The standard InChI is InChI=1S/C16H24N2O2/c1-12(14-5-7-15(20)8-6-14)16(17-13(2)19)11-18-9-3-4-10-18/h5-8,12,16,20H,3-4,9-11H2,1-2H3,(H,17,19)/t12-,16-/m1/s1.